The van der Waals surface area contributed by atoms with Gasteiger partial charge in [0.15, 0.2) is 17.5 Å². The van der Waals surface area contributed by atoms with E-state index in [1.165, 1.54) is 38.2 Å². The number of nitrogens with zero attached hydrogens (tertiary/aromatic N) is 3. The number of hydrogen-bond acceptors (Lipinski definition) is 3. The van der Waals surface area contributed by atoms with Crippen LogP contribution in [-0.4, -0.2) is 15.0 Å². The Morgan fingerprint density at radius 1 is 0.240 bits per heavy atom. The molecule has 0 saturated carbocycles. The van der Waals surface area contributed by atoms with Gasteiger partial charge >= 0.3 is 0 Å². The van der Waals surface area contributed by atoms with Crippen LogP contribution in [-0.2, 0) is 0 Å². The molecule has 9 rings (SSSR count). The zero-order valence-corrected chi connectivity index (χ0v) is 27.2. The van der Waals surface area contributed by atoms with Crippen molar-refractivity contribution in [1.82, 2.24) is 15.0 Å². The van der Waals surface area contributed by atoms with E-state index in [2.05, 4.69) is 170 Å². The summed E-state index contributed by atoms with van der Waals surface area (Å²) in [6.07, 6.45) is 0. The van der Waals surface area contributed by atoms with Crippen LogP contribution in [0.4, 0.5) is 0 Å². The first-order valence-electron chi connectivity index (χ1n) is 16.9. The summed E-state index contributed by atoms with van der Waals surface area (Å²) in [5.74, 6) is 1.91. The Bertz CT molecular complexity index is 2640. The molecule has 3 heteroatoms. The Hall–Kier alpha value is -6.71. The second-order valence-corrected chi connectivity index (χ2v) is 12.4. The molecule has 9 aromatic rings. The molecule has 0 amide bonds. The lowest BCUT2D eigenvalue weighted by molar-refractivity contribution is 1.07. The lowest BCUT2D eigenvalue weighted by Gasteiger charge is -2.14. The number of hydrogen-bond donors (Lipinski definition) is 0. The maximum Gasteiger partial charge on any atom is 0.164 e. The van der Waals surface area contributed by atoms with Gasteiger partial charge in [0.05, 0.1) is 0 Å². The lowest BCUT2D eigenvalue weighted by Crippen LogP contribution is -2.01. The van der Waals surface area contributed by atoms with E-state index in [-0.39, 0.29) is 0 Å². The van der Waals surface area contributed by atoms with Gasteiger partial charge in [-0.25, -0.2) is 15.0 Å². The molecule has 0 atom stereocenters. The molecule has 0 aliphatic carbocycles. The smallest absolute Gasteiger partial charge is 0.164 e. The van der Waals surface area contributed by atoms with Crippen molar-refractivity contribution in [3.8, 4) is 67.5 Å². The third kappa shape index (κ3) is 5.41. The number of aromatic nitrogens is 3. The fourth-order valence-corrected chi connectivity index (χ4v) is 6.97. The maximum atomic E-state index is 5.19. The van der Waals surface area contributed by atoms with Crippen LogP contribution in [0.15, 0.2) is 188 Å². The fraction of sp³-hybridized carbons (Fsp3) is 0. The molecule has 0 aliphatic rings. The molecule has 1 aromatic heterocycles. The van der Waals surface area contributed by atoms with Crippen LogP contribution >= 0.6 is 0 Å². The van der Waals surface area contributed by atoms with Gasteiger partial charge in [-0.1, -0.05) is 182 Å². The summed E-state index contributed by atoms with van der Waals surface area (Å²) in [5, 5.41) is 4.82. The van der Waals surface area contributed by atoms with E-state index in [0.29, 0.717) is 17.5 Å². The summed E-state index contributed by atoms with van der Waals surface area (Å²) < 4.78 is 0. The minimum absolute atomic E-state index is 0.633. The van der Waals surface area contributed by atoms with Gasteiger partial charge < -0.3 is 0 Å². The highest BCUT2D eigenvalue weighted by atomic mass is 15.0. The monoisotopic (exact) mass is 637 g/mol. The number of fused-ring (bicyclic) bond motifs is 2. The van der Waals surface area contributed by atoms with Gasteiger partial charge in [0.2, 0.25) is 0 Å². The van der Waals surface area contributed by atoms with Crippen LogP contribution in [0.5, 0.6) is 0 Å². The molecule has 1 heterocycles. The zero-order chi connectivity index (χ0) is 33.3. The molecule has 0 N–H and O–H groups in total. The molecular formula is C47H31N3. The van der Waals surface area contributed by atoms with Crippen molar-refractivity contribution >= 4 is 21.5 Å². The Morgan fingerprint density at radius 2 is 0.680 bits per heavy atom. The molecule has 8 aromatic carbocycles. The zero-order valence-electron chi connectivity index (χ0n) is 27.2. The summed E-state index contributed by atoms with van der Waals surface area (Å²) in [4.78, 5) is 15.4. The van der Waals surface area contributed by atoms with Gasteiger partial charge in [-0.2, -0.15) is 0 Å². The first-order valence-corrected chi connectivity index (χ1v) is 16.9. The molecule has 0 spiro atoms. The summed E-state index contributed by atoms with van der Waals surface area (Å²) in [5.41, 5.74) is 9.77. The first-order chi connectivity index (χ1) is 24.8. The number of rotatable bonds is 6. The maximum absolute atomic E-state index is 5.19. The highest BCUT2D eigenvalue weighted by molar-refractivity contribution is 6.05. The van der Waals surface area contributed by atoms with Crippen molar-refractivity contribution in [2.75, 3.05) is 0 Å². The standard InChI is InChI=1S/C47H31N3/c1-3-15-32(16-4-1)38-26-13-30-42-39(27-14-29-40(38)42)35-21-11-22-36(31-35)46-48-45(34-18-5-2-6-19-34)49-47(50-46)44-25-10-9-24-43(44)41-28-12-20-33-17-7-8-23-37(33)41/h1-31H. The van der Waals surface area contributed by atoms with Crippen LogP contribution < -0.4 is 0 Å². The predicted molar refractivity (Wildman–Crippen MR) is 207 cm³/mol. The molecule has 0 radical (unpaired) electrons. The molecular weight excluding hydrogens is 607 g/mol. The van der Waals surface area contributed by atoms with Crippen LogP contribution in [0.2, 0.25) is 0 Å². The molecule has 0 aliphatic heterocycles. The van der Waals surface area contributed by atoms with E-state index < -0.39 is 0 Å². The average molecular weight is 638 g/mol. The van der Waals surface area contributed by atoms with Gasteiger partial charge in [0.1, 0.15) is 0 Å². The first kappa shape index (κ1) is 29.4. The van der Waals surface area contributed by atoms with Gasteiger partial charge in [-0.3, -0.25) is 0 Å². The van der Waals surface area contributed by atoms with Crippen molar-refractivity contribution in [3.05, 3.63) is 188 Å². The quantitative estimate of drug-likeness (QED) is 0.182. The normalized spacial score (nSPS) is 11.2. The molecule has 0 unspecified atom stereocenters. The Morgan fingerprint density at radius 3 is 1.44 bits per heavy atom. The second kappa shape index (κ2) is 12.7. The largest absolute Gasteiger partial charge is 0.208 e. The van der Waals surface area contributed by atoms with Crippen molar-refractivity contribution < 1.29 is 0 Å². The van der Waals surface area contributed by atoms with Crippen molar-refractivity contribution in [1.29, 1.82) is 0 Å². The van der Waals surface area contributed by atoms with Gasteiger partial charge in [0, 0.05) is 16.7 Å². The minimum Gasteiger partial charge on any atom is -0.208 e. The van der Waals surface area contributed by atoms with Gasteiger partial charge in [-0.05, 0) is 61.0 Å². The molecule has 3 nitrogen and oxygen atoms in total. The minimum atomic E-state index is 0.633. The molecule has 50 heavy (non-hydrogen) atoms. The Kier molecular flexibility index (Phi) is 7.49. The van der Waals surface area contributed by atoms with E-state index in [4.69, 9.17) is 15.0 Å². The van der Waals surface area contributed by atoms with Crippen LogP contribution in [0.1, 0.15) is 0 Å². The summed E-state index contributed by atoms with van der Waals surface area (Å²) in [7, 11) is 0. The topological polar surface area (TPSA) is 38.7 Å². The summed E-state index contributed by atoms with van der Waals surface area (Å²) in [6, 6.07) is 65.8. The SMILES string of the molecule is c1ccc(-c2nc(-c3cccc(-c4cccc5c(-c6ccccc6)cccc45)c3)nc(-c3ccccc3-c3cccc4ccccc34)n2)cc1. The highest BCUT2D eigenvalue weighted by Crippen LogP contribution is 2.38. The predicted octanol–water partition coefficient (Wildman–Crippen LogP) is 12.2. The summed E-state index contributed by atoms with van der Waals surface area (Å²) in [6.45, 7) is 0. The van der Waals surface area contributed by atoms with Crippen molar-refractivity contribution in [3.63, 3.8) is 0 Å². The van der Waals surface area contributed by atoms with E-state index in [9.17, 15) is 0 Å². The van der Waals surface area contributed by atoms with E-state index >= 15 is 0 Å². The Labute approximate surface area is 291 Å². The third-order valence-electron chi connectivity index (χ3n) is 9.35. The fourth-order valence-electron chi connectivity index (χ4n) is 6.97. The molecule has 234 valence electrons. The van der Waals surface area contributed by atoms with E-state index in [1.54, 1.807) is 0 Å². The second-order valence-electron chi connectivity index (χ2n) is 12.4. The molecule has 0 bridgehead atoms. The van der Waals surface area contributed by atoms with E-state index in [1.807, 2.05) is 18.2 Å². The Balaban J connectivity index is 1.21. The van der Waals surface area contributed by atoms with E-state index in [0.717, 1.165) is 33.4 Å². The summed E-state index contributed by atoms with van der Waals surface area (Å²) >= 11 is 0. The number of benzene rings is 8. The van der Waals surface area contributed by atoms with Crippen molar-refractivity contribution in [2.45, 2.75) is 0 Å². The molecule has 0 fully saturated rings. The van der Waals surface area contributed by atoms with Crippen LogP contribution in [0.3, 0.4) is 0 Å². The van der Waals surface area contributed by atoms with Crippen molar-refractivity contribution in [2.24, 2.45) is 0 Å². The van der Waals surface area contributed by atoms with Gasteiger partial charge in [0.25, 0.3) is 0 Å². The van der Waals surface area contributed by atoms with Crippen LogP contribution in [0, 0.1) is 0 Å². The third-order valence-corrected chi connectivity index (χ3v) is 9.35. The van der Waals surface area contributed by atoms with Crippen LogP contribution in [0.25, 0.3) is 89.1 Å². The average Bonchev–Trinajstić information content (AvgIpc) is 3.20. The lowest BCUT2D eigenvalue weighted by atomic mass is 9.92. The highest BCUT2D eigenvalue weighted by Gasteiger charge is 2.17. The van der Waals surface area contributed by atoms with Gasteiger partial charge in [-0.15, -0.1) is 0 Å². The molecule has 0 saturated heterocycles.